The number of carbonyl (C=O) groups excluding carboxylic acids is 2. The van der Waals surface area contributed by atoms with Gasteiger partial charge in [-0.1, -0.05) is 5.92 Å². The van der Waals surface area contributed by atoms with E-state index < -0.39 is 42.2 Å². The fourth-order valence-electron chi connectivity index (χ4n) is 2.99. The Morgan fingerprint density at radius 1 is 1.52 bits per heavy atom. The van der Waals surface area contributed by atoms with Gasteiger partial charge >= 0.3 is 5.97 Å². The minimum absolute atomic E-state index is 0.0649. The first-order valence-electron chi connectivity index (χ1n) is 8.47. The Balaban J connectivity index is 2.32. The molecule has 2 aliphatic heterocycles. The highest BCUT2D eigenvalue weighted by Gasteiger charge is 2.48. The van der Waals surface area contributed by atoms with Crippen LogP contribution in [0.5, 0.6) is 0 Å². The van der Waals surface area contributed by atoms with Crippen molar-refractivity contribution >= 4 is 11.9 Å². The maximum atomic E-state index is 12.0. The molecule has 2 heterocycles. The lowest BCUT2D eigenvalue weighted by Gasteiger charge is -2.39. The SMILES string of the molecule is C#CCO[C@H]1C=C(C(=O)OC)O[C@@H]([C@H](O)[C@H]2COC(C)(C)O2)[C@@H]1NC(C)=O. The smallest absolute Gasteiger partial charge is 0.373 e. The topological polar surface area (TPSA) is 113 Å². The molecule has 9 heteroatoms. The summed E-state index contributed by atoms with van der Waals surface area (Å²) in [5.41, 5.74) is 0. The predicted molar refractivity (Wildman–Crippen MR) is 92.1 cm³/mol. The number of carbonyl (C=O) groups is 2. The molecular formula is C18H25NO8. The number of aliphatic hydroxyl groups excluding tert-OH is 1. The van der Waals surface area contributed by atoms with E-state index in [1.807, 2.05) is 0 Å². The van der Waals surface area contributed by atoms with Crippen LogP contribution in [-0.2, 0) is 33.3 Å². The number of hydrogen-bond acceptors (Lipinski definition) is 8. The van der Waals surface area contributed by atoms with Crippen molar-refractivity contribution in [1.29, 1.82) is 0 Å². The molecule has 9 nitrogen and oxygen atoms in total. The summed E-state index contributed by atoms with van der Waals surface area (Å²) in [4.78, 5) is 23.7. The largest absolute Gasteiger partial charge is 0.478 e. The summed E-state index contributed by atoms with van der Waals surface area (Å²) in [5, 5.41) is 13.5. The highest BCUT2D eigenvalue weighted by molar-refractivity contribution is 5.86. The molecule has 27 heavy (non-hydrogen) atoms. The number of hydrogen-bond donors (Lipinski definition) is 2. The summed E-state index contributed by atoms with van der Waals surface area (Å²) >= 11 is 0. The Bertz CT molecular complexity index is 638. The fraction of sp³-hybridized carbons (Fsp3) is 0.667. The van der Waals surface area contributed by atoms with Crippen LogP contribution in [-0.4, -0.2) is 73.6 Å². The van der Waals surface area contributed by atoms with Gasteiger partial charge in [0.05, 0.1) is 19.8 Å². The van der Waals surface area contributed by atoms with Crippen molar-refractivity contribution in [2.45, 2.75) is 57.0 Å². The number of terminal acetylenes is 1. The number of esters is 1. The normalized spacial score (nSPS) is 30.4. The van der Waals surface area contributed by atoms with Gasteiger partial charge in [-0.15, -0.1) is 6.42 Å². The van der Waals surface area contributed by atoms with Gasteiger partial charge < -0.3 is 34.1 Å². The van der Waals surface area contributed by atoms with Crippen LogP contribution in [0.3, 0.4) is 0 Å². The van der Waals surface area contributed by atoms with E-state index in [4.69, 9.17) is 30.1 Å². The van der Waals surface area contributed by atoms with Crippen LogP contribution in [0.15, 0.2) is 11.8 Å². The van der Waals surface area contributed by atoms with Crippen LogP contribution < -0.4 is 5.32 Å². The molecule has 0 aromatic carbocycles. The molecule has 0 unspecified atom stereocenters. The summed E-state index contributed by atoms with van der Waals surface area (Å²) in [5.74, 6) is 0.197. The van der Waals surface area contributed by atoms with E-state index in [2.05, 4.69) is 11.2 Å². The lowest BCUT2D eigenvalue weighted by molar-refractivity contribution is -0.173. The van der Waals surface area contributed by atoms with Gasteiger partial charge in [-0.05, 0) is 19.9 Å². The number of methoxy groups -OCH3 is 1. The fourth-order valence-corrected chi connectivity index (χ4v) is 2.99. The van der Waals surface area contributed by atoms with Crippen LogP contribution in [0.2, 0.25) is 0 Å². The summed E-state index contributed by atoms with van der Waals surface area (Å²) < 4.78 is 27.1. The second kappa shape index (κ2) is 8.71. The first-order valence-corrected chi connectivity index (χ1v) is 8.47. The van der Waals surface area contributed by atoms with Crippen molar-refractivity contribution in [2.24, 2.45) is 0 Å². The molecule has 1 amide bonds. The van der Waals surface area contributed by atoms with Gasteiger partial charge in [0.2, 0.25) is 11.7 Å². The molecule has 0 aromatic rings. The minimum Gasteiger partial charge on any atom is -0.478 e. The Morgan fingerprint density at radius 2 is 2.22 bits per heavy atom. The number of ether oxygens (including phenoxy) is 5. The molecule has 0 aliphatic carbocycles. The van der Waals surface area contributed by atoms with Crippen molar-refractivity contribution in [1.82, 2.24) is 5.32 Å². The molecule has 2 rings (SSSR count). The van der Waals surface area contributed by atoms with Crippen molar-refractivity contribution < 1.29 is 38.4 Å². The summed E-state index contributed by atoms with van der Waals surface area (Å²) in [6, 6.07) is -0.813. The second-order valence-electron chi connectivity index (χ2n) is 6.67. The van der Waals surface area contributed by atoms with E-state index in [0.717, 1.165) is 0 Å². The van der Waals surface area contributed by atoms with Gasteiger partial charge in [-0.25, -0.2) is 4.79 Å². The van der Waals surface area contributed by atoms with Crippen LogP contribution in [0.1, 0.15) is 20.8 Å². The maximum absolute atomic E-state index is 12.0. The average molecular weight is 383 g/mol. The molecule has 1 fully saturated rings. The molecule has 150 valence electrons. The lowest BCUT2D eigenvalue weighted by atomic mass is 9.93. The highest BCUT2D eigenvalue weighted by atomic mass is 16.7. The predicted octanol–water partition coefficient (Wildman–Crippen LogP) is -0.522. The standard InChI is InChI=1S/C18H25NO8/c1-6-7-24-11-8-12(17(22)23-5)26-16(14(11)19-10(2)20)15(21)13-9-25-18(3,4)27-13/h1,8,11,13-16,21H,7,9H2,2-5H3,(H,19,20)/t11-,13+,14+,15+,16+/m0/s1. The van der Waals surface area contributed by atoms with Crippen LogP contribution in [0, 0.1) is 12.3 Å². The van der Waals surface area contributed by atoms with E-state index >= 15 is 0 Å². The monoisotopic (exact) mass is 383 g/mol. The highest BCUT2D eigenvalue weighted by Crippen LogP contribution is 2.30. The third-order valence-corrected chi connectivity index (χ3v) is 4.15. The summed E-state index contributed by atoms with van der Waals surface area (Å²) in [6.45, 7) is 4.80. The Hall–Kier alpha value is -2.12. The lowest BCUT2D eigenvalue weighted by Crippen LogP contribution is -2.60. The zero-order valence-electron chi connectivity index (χ0n) is 15.8. The summed E-state index contributed by atoms with van der Waals surface area (Å²) in [6.07, 6.45) is 2.78. The van der Waals surface area contributed by atoms with Gasteiger partial charge in [0.15, 0.2) is 11.9 Å². The van der Waals surface area contributed by atoms with Gasteiger partial charge in [-0.3, -0.25) is 4.79 Å². The third-order valence-electron chi connectivity index (χ3n) is 4.15. The maximum Gasteiger partial charge on any atom is 0.373 e. The molecule has 1 saturated heterocycles. The number of aliphatic hydroxyl groups is 1. The van der Waals surface area contributed by atoms with E-state index in [0.29, 0.717) is 0 Å². The van der Waals surface area contributed by atoms with Crippen molar-refractivity contribution in [2.75, 3.05) is 20.3 Å². The molecule has 0 bridgehead atoms. The van der Waals surface area contributed by atoms with E-state index in [1.54, 1.807) is 13.8 Å². The molecule has 0 spiro atoms. The van der Waals surface area contributed by atoms with Gasteiger partial charge in [0.1, 0.15) is 24.9 Å². The van der Waals surface area contributed by atoms with Crippen LogP contribution in [0.25, 0.3) is 0 Å². The number of rotatable bonds is 6. The Kier molecular flexibility index (Phi) is 6.84. The number of nitrogens with one attached hydrogen (secondary N) is 1. The quantitative estimate of drug-likeness (QED) is 0.465. The Morgan fingerprint density at radius 3 is 2.74 bits per heavy atom. The minimum atomic E-state index is -1.23. The average Bonchev–Trinajstić information content (AvgIpc) is 2.98. The van der Waals surface area contributed by atoms with Gasteiger partial charge in [0.25, 0.3) is 0 Å². The first kappa shape index (κ1) is 21.2. The Labute approximate surface area is 157 Å². The van der Waals surface area contributed by atoms with Crippen molar-refractivity contribution in [3.8, 4) is 12.3 Å². The van der Waals surface area contributed by atoms with Gasteiger partial charge in [0, 0.05) is 6.92 Å². The van der Waals surface area contributed by atoms with Crippen LogP contribution in [0.4, 0.5) is 0 Å². The van der Waals surface area contributed by atoms with E-state index in [9.17, 15) is 14.7 Å². The van der Waals surface area contributed by atoms with Gasteiger partial charge in [-0.2, -0.15) is 0 Å². The third kappa shape index (κ3) is 5.20. The van der Waals surface area contributed by atoms with E-state index in [-0.39, 0.29) is 24.9 Å². The molecule has 0 aromatic heterocycles. The molecule has 0 saturated carbocycles. The molecule has 2 N–H and O–H groups in total. The zero-order chi connectivity index (χ0) is 20.2. The van der Waals surface area contributed by atoms with E-state index in [1.165, 1.54) is 20.1 Å². The second-order valence-corrected chi connectivity index (χ2v) is 6.67. The zero-order valence-corrected chi connectivity index (χ0v) is 15.8. The molecule has 2 aliphatic rings. The van der Waals surface area contributed by atoms with Crippen molar-refractivity contribution in [3.63, 3.8) is 0 Å². The summed E-state index contributed by atoms with van der Waals surface area (Å²) in [7, 11) is 1.20. The molecular weight excluding hydrogens is 358 g/mol. The number of amides is 1. The van der Waals surface area contributed by atoms with Crippen molar-refractivity contribution in [3.05, 3.63) is 11.8 Å². The molecule has 0 radical (unpaired) electrons. The first-order chi connectivity index (χ1) is 12.7. The van der Waals surface area contributed by atoms with Crippen LogP contribution >= 0.6 is 0 Å². The molecule has 5 atom stereocenters.